The summed E-state index contributed by atoms with van der Waals surface area (Å²) in [6, 6.07) is 0. The van der Waals surface area contributed by atoms with Gasteiger partial charge >= 0.3 is 0 Å². The van der Waals surface area contributed by atoms with Crippen LogP contribution in [0, 0.1) is 35.0 Å². The molecule has 25 heavy (non-hydrogen) atoms. The lowest BCUT2D eigenvalue weighted by Crippen LogP contribution is -2.55. The maximum Gasteiger partial charge on any atom is 0.146 e. The maximum absolute atomic E-state index is 6.25. The van der Waals surface area contributed by atoms with Crippen molar-refractivity contribution >= 4 is 0 Å². The smallest absolute Gasteiger partial charge is 0.146 e. The van der Waals surface area contributed by atoms with Gasteiger partial charge in [-0.15, -0.1) is 0 Å². The zero-order chi connectivity index (χ0) is 17.9. The first kappa shape index (κ1) is 19.6. The molecule has 3 saturated carbocycles. The molecule has 4 heteroatoms. The predicted molar refractivity (Wildman–Crippen MR) is 98.1 cm³/mol. The van der Waals surface area contributed by atoms with E-state index < -0.39 is 0 Å². The summed E-state index contributed by atoms with van der Waals surface area (Å²) in [7, 11) is 3.40. The van der Waals surface area contributed by atoms with Gasteiger partial charge in [0.05, 0.1) is 12.7 Å². The minimum absolute atomic E-state index is 0.269. The average Bonchev–Trinajstić information content (AvgIpc) is 2.60. The highest BCUT2D eigenvalue weighted by molar-refractivity contribution is 5.04. The highest BCUT2D eigenvalue weighted by Crippen LogP contribution is 2.61. The topological polar surface area (TPSA) is 36.9 Å². The monoisotopic (exact) mass is 354 g/mol. The molecule has 0 aromatic rings. The van der Waals surface area contributed by atoms with Crippen LogP contribution in [0.25, 0.3) is 0 Å². The van der Waals surface area contributed by atoms with E-state index in [1.807, 2.05) is 0 Å². The molecule has 3 aliphatic rings. The second-order valence-corrected chi connectivity index (χ2v) is 8.98. The largest absolute Gasteiger partial charge is 0.359 e. The van der Waals surface area contributed by atoms with E-state index in [1.54, 1.807) is 14.2 Å². The molecule has 0 N–H and O–H groups in total. The zero-order valence-corrected chi connectivity index (χ0v) is 16.7. The van der Waals surface area contributed by atoms with Crippen LogP contribution >= 0.6 is 0 Å². The van der Waals surface area contributed by atoms with E-state index in [9.17, 15) is 0 Å². The molecule has 4 nitrogen and oxygen atoms in total. The Labute approximate surface area is 153 Å². The fourth-order valence-corrected chi connectivity index (χ4v) is 6.69. The van der Waals surface area contributed by atoms with Crippen molar-refractivity contribution in [2.45, 2.75) is 64.9 Å². The predicted octanol–water partition coefficient (Wildman–Crippen LogP) is 4.47. The van der Waals surface area contributed by atoms with Crippen LogP contribution in [0.5, 0.6) is 0 Å². The highest BCUT2D eigenvalue weighted by atomic mass is 16.7. The summed E-state index contributed by atoms with van der Waals surface area (Å²) in [5, 5.41) is 0. The van der Waals surface area contributed by atoms with Gasteiger partial charge in [0, 0.05) is 20.1 Å². The van der Waals surface area contributed by atoms with Crippen LogP contribution < -0.4 is 0 Å². The number of fused-ring (bicyclic) bond motifs is 3. The first-order valence-electron chi connectivity index (χ1n) is 10.3. The zero-order valence-electron chi connectivity index (χ0n) is 16.7. The highest BCUT2D eigenvalue weighted by Gasteiger charge is 2.55. The van der Waals surface area contributed by atoms with Crippen molar-refractivity contribution in [3.63, 3.8) is 0 Å². The van der Waals surface area contributed by atoms with Crippen LogP contribution in [-0.2, 0) is 18.9 Å². The molecule has 0 radical (unpaired) electrons. The van der Waals surface area contributed by atoms with E-state index in [1.165, 1.54) is 44.9 Å². The summed E-state index contributed by atoms with van der Waals surface area (Å²) in [5.74, 6) is 3.72. The third-order valence-electron chi connectivity index (χ3n) is 7.73. The van der Waals surface area contributed by atoms with E-state index in [4.69, 9.17) is 18.9 Å². The SMILES string of the molecule is COCOC[C@H]1CC[C@@H]2C(CC[C@@H]3[C@@H](C)CCC[C@@]23C)[C@@H]1OCOC. The third-order valence-corrected chi connectivity index (χ3v) is 7.73. The lowest BCUT2D eigenvalue weighted by molar-refractivity contribution is -0.190. The van der Waals surface area contributed by atoms with Gasteiger partial charge in [0.1, 0.15) is 13.6 Å². The Morgan fingerprint density at radius 3 is 2.44 bits per heavy atom. The van der Waals surface area contributed by atoms with Crippen molar-refractivity contribution < 1.29 is 18.9 Å². The fourth-order valence-electron chi connectivity index (χ4n) is 6.69. The van der Waals surface area contributed by atoms with Crippen molar-refractivity contribution in [3.8, 4) is 0 Å². The van der Waals surface area contributed by atoms with Crippen LogP contribution in [0.15, 0.2) is 0 Å². The van der Waals surface area contributed by atoms with E-state index in [-0.39, 0.29) is 6.10 Å². The molecule has 0 aliphatic heterocycles. The number of methoxy groups -OCH3 is 2. The minimum atomic E-state index is 0.269. The Bertz CT molecular complexity index is 415. The van der Waals surface area contributed by atoms with Crippen molar-refractivity contribution in [3.05, 3.63) is 0 Å². The van der Waals surface area contributed by atoms with Gasteiger partial charge in [0.25, 0.3) is 0 Å². The molecular formula is C21H38O4. The van der Waals surface area contributed by atoms with E-state index in [0.29, 0.717) is 30.8 Å². The summed E-state index contributed by atoms with van der Waals surface area (Å²) >= 11 is 0. The number of hydrogen-bond acceptors (Lipinski definition) is 4. The van der Waals surface area contributed by atoms with Gasteiger partial charge in [-0.05, 0) is 61.2 Å². The van der Waals surface area contributed by atoms with Crippen molar-refractivity contribution in [2.24, 2.45) is 35.0 Å². The van der Waals surface area contributed by atoms with Crippen LogP contribution in [0.3, 0.4) is 0 Å². The molecular weight excluding hydrogens is 316 g/mol. The molecule has 3 fully saturated rings. The molecule has 0 bridgehead atoms. The number of hydrogen-bond donors (Lipinski definition) is 0. The molecule has 7 atom stereocenters. The molecule has 3 aliphatic carbocycles. The lowest BCUT2D eigenvalue weighted by Gasteiger charge is -2.59. The van der Waals surface area contributed by atoms with Gasteiger partial charge in [-0.1, -0.05) is 26.7 Å². The van der Waals surface area contributed by atoms with Crippen LogP contribution in [-0.4, -0.2) is 40.5 Å². The molecule has 0 saturated heterocycles. The average molecular weight is 355 g/mol. The fraction of sp³-hybridized carbons (Fsp3) is 1.00. The Morgan fingerprint density at radius 1 is 0.920 bits per heavy atom. The van der Waals surface area contributed by atoms with Gasteiger partial charge in [0.15, 0.2) is 0 Å². The Morgan fingerprint density at radius 2 is 1.68 bits per heavy atom. The summed E-state index contributed by atoms with van der Waals surface area (Å²) in [5.41, 5.74) is 0.508. The molecule has 0 spiro atoms. The summed E-state index contributed by atoms with van der Waals surface area (Å²) in [6.45, 7) is 6.59. The van der Waals surface area contributed by atoms with Crippen molar-refractivity contribution in [1.29, 1.82) is 0 Å². The maximum atomic E-state index is 6.25. The van der Waals surface area contributed by atoms with Crippen molar-refractivity contribution in [1.82, 2.24) is 0 Å². The molecule has 1 unspecified atom stereocenters. The first-order chi connectivity index (χ1) is 12.1. The van der Waals surface area contributed by atoms with Crippen LogP contribution in [0.1, 0.15) is 58.8 Å². The molecule has 3 rings (SSSR count). The minimum Gasteiger partial charge on any atom is -0.359 e. The Balaban J connectivity index is 1.74. The number of rotatable bonds is 7. The van der Waals surface area contributed by atoms with Gasteiger partial charge in [0.2, 0.25) is 0 Å². The summed E-state index contributed by atoms with van der Waals surface area (Å²) < 4.78 is 22.3. The van der Waals surface area contributed by atoms with Crippen LogP contribution in [0.4, 0.5) is 0 Å². The molecule has 0 heterocycles. The summed E-state index contributed by atoms with van der Waals surface area (Å²) in [6.07, 6.45) is 9.72. The molecule has 146 valence electrons. The quantitative estimate of drug-likeness (QED) is 0.499. The molecule has 0 amide bonds. The third kappa shape index (κ3) is 3.92. The van der Waals surface area contributed by atoms with Gasteiger partial charge in [-0.3, -0.25) is 0 Å². The van der Waals surface area contributed by atoms with Gasteiger partial charge in [-0.25, -0.2) is 0 Å². The van der Waals surface area contributed by atoms with E-state index >= 15 is 0 Å². The van der Waals surface area contributed by atoms with E-state index in [2.05, 4.69) is 13.8 Å². The second-order valence-electron chi connectivity index (χ2n) is 8.98. The lowest BCUT2D eigenvalue weighted by atomic mass is 9.47. The van der Waals surface area contributed by atoms with Gasteiger partial charge < -0.3 is 18.9 Å². The van der Waals surface area contributed by atoms with Crippen molar-refractivity contribution in [2.75, 3.05) is 34.4 Å². The Kier molecular flexibility index (Phi) is 6.81. The normalized spacial score (nSPS) is 44.2. The molecule has 0 aromatic carbocycles. The van der Waals surface area contributed by atoms with E-state index in [0.717, 1.165) is 24.4 Å². The second kappa shape index (κ2) is 8.69. The Hall–Kier alpha value is -0.160. The standard InChI is InChI=1S/C21H38O4/c1-15-6-5-11-21(2)18(15)10-8-17-19(21)9-7-16(12-24-13-22-3)20(17)25-14-23-4/h15-20H,5-14H2,1-4H3/t15-,16+,17?,18+,19+,20+,21+/m0/s1. The summed E-state index contributed by atoms with van der Waals surface area (Å²) in [4.78, 5) is 0. The molecule has 0 aromatic heterocycles. The first-order valence-corrected chi connectivity index (χ1v) is 10.3. The van der Waals surface area contributed by atoms with Crippen LogP contribution in [0.2, 0.25) is 0 Å². The number of ether oxygens (including phenoxy) is 4. The van der Waals surface area contributed by atoms with Gasteiger partial charge in [-0.2, -0.15) is 0 Å².